The molecule has 1 unspecified atom stereocenters. The van der Waals surface area contributed by atoms with Crippen molar-refractivity contribution in [1.29, 1.82) is 0 Å². The first-order valence-electron chi connectivity index (χ1n) is 4.35. The van der Waals surface area contributed by atoms with E-state index in [1.165, 1.54) is 0 Å². The van der Waals surface area contributed by atoms with Gasteiger partial charge in [0, 0.05) is 11.8 Å². The number of sulfone groups is 1. The van der Waals surface area contributed by atoms with Crippen LogP contribution in [-0.4, -0.2) is 26.0 Å². The number of rotatable bonds is 5. The van der Waals surface area contributed by atoms with Gasteiger partial charge in [-0.25, -0.2) is 8.42 Å². The molecule has 0 aliphatic carbocycles. The third-order valence-corrected chi connectivity index (χ3v) is 3.74. The molecule has 0 aromatic carbocycles. The molecule has 0 aromatic rings. The maximum Gasteiger partial charge on any atom is 0.151 e. The zero-order valence-electron chi connectivity index (χ0n) is 8.08. The van der Waals surface area contributed by atoms with Gasteiger partial charge in [-0.3, -0.25) is 0 Å². The van der Waals surface area contributed by atoms with Gasteiger partial charge in [-0.2, -0.15) is 0 Å². The lowest BCUT2D eigenvalue weighted by molar-refractivity contribution is 0.516. The fraction of sp³-hybridized carbons (Fsp3) is 1.00. The summed E-state index contributed by atoms with van der Waals surface area (Å²) >= 11 is 0. The van der Waals surface area contributed by atoms with Crippen LogP contribution in [0.25, 0.3) is 0 Å². The highest BCUT2D eigenvalue weighted by molar-refractivity contribution is 7.91. The summed E-state index contributed by atoms with van der Waals surface area (Å²) in [6.07, 6.45) is 0.674. The molecule has 12 heavy (non-hydrogen) atoms. The number of nitrogens with two attached hydrogens (primary N) is 1. The van der Waals surface area contributed by atoms with Crippen LogP contribution in [0.5, 0.6) is 0 Å². The van der Waals surface area contributed by atoms with Crippen molar-refractivity contribution in [1.82, 2.24) is 0 Å². The zero-order valence-corrected chi connectivity index (χ0v) is 8.89. The molecule has 0 aromatic heterocycles. The molecule has 0 saturated carbocycles. The Morgan fingerprint density at radius 1 is 1.33 bits per heavy atom. The molecule has 0 aliphatic rings. The lowest BCUT2D eigenvalue weighted by atomic mass is 10.1. The predicted octanol–water partition coefficient (Wildman–Crippen LogP) is 0.795. The molecule has 0 heterocycles. The molecular weight excluding hydrogens is 174 g/mol. The molecule has 0 saturated heterocycles. The highest BCUT2D eigenvalue weighted by Crippen LogP contribution is 2.03. The summed E-state index contributed by atoms with van der Waals surface area (Å²) in [5.74, 6) is 0.614. The maximum atomic E-state index is 11.3. The second-order valence-corrected chi connectivity index (χ2v) is 5.75. The van der Waals surface area contributed by atoms with Gasteiger partial charge in [-0.15, -0.1) is 0 Å². The number of hydrogen-bond acceptors (Lipinski definition) is 3. The van der Waals surface area contributed by atoms with Crippen LogP contribution >= 0.6 is 0 Å². The fourth-order valence-corrected chi connectivity index (χ4v) is 2.64. The third kappa shape index (κ3) is 4.72. The largest absolute Gasteiger partial charge is 0.327 e. The van der Waals surface area contributed by atoms with Crippen LogP contribution < -0.4 is 5.73 Å². The van der Waals surface area contributed by atoms with Crippen molar-refractivity contribution >= 4 is 9.84 Å². The minimum Gasteiger partial charge on any atom is -0.327 e. The van der Waals surface area contributed by atoms with Gasteiger partial charge in [0.25, 0.3) is 0 Å². The molecule has 0 amide bonds. The molecule has 4 heteroatoms. The summed E-state index contributed by atoms with van der Waals surface area (Å²) in [5, 5.41) is 0. The Bertz CT molecular complexity index is 209. The Morgan fingerprint density at radius 3 is 2.17 bits per heavy atom. The van der Waals surface area contributed by atoms with E-state index >= 15 is 0 Å². The average Bonchev–Trinajstić information content (AvgIpc) is 1.85. The molecule has 0 spiro atoms. The van der Waals surface area contributed by atoms with Gasteiger partial charge < -0.3 is 5.73 Å². The third-order valence-electron chi connectivity index (χ3n) is 1.82. The van der Waals surface area contributed by atoms with E-state index in [0.29, 0.717) is 6.42 Å². The van der Waals surface area contributed by atoms with Gasteiger partial charge in [0.1, 0.15) is 0 Å². The van der Waals surface area contributed by atoms with E-state index < -0.39 is 9.84 Å². The smallest absolute Gasteiger partial charge is 0.151 e. The SMILES string of the molecule is CCCS(=O)(=O)CC(N)C(C)C. The van der Waals surface area contributed by atoms with Gasteiger partial charge in [-0.1, -0.05) is 20.8 Å². The van der Waals surface area contributed by atoms with Gasteiger partial charge in [0.2, 0.25) is 0 Å². The van der Waals surface area contributed by atoms with Crippen LogP contribution in [0, 0.1) is 5.92 Å². The normalized spacial score (nSPS) is 15.1. The maximum absolute atomic E-state index is 11.3. The average molecular weight is 193 g/mol. The van der Waals surface area contributed by atoms with E-state index in [4.69, 9.17) is 5.73 Å². The van der Waals surface area contributed by atoms with Crippen molar-refractivity contribution in [2.75, 3.05) is 11.5 Å². The molecule has 0 aliphatic heterocycles. The van der Waals surface area contributed by atoms with Crippen LogP contribution in [-0.2, 0) is 9.84 Å². The molecule has 0 rings (SSSR count). The highest BCUT2D eigenvalue weighted by Gasteiger charge is 2.17. The van der Waals surface area contributed by atoms with Gasteiger partial charge in [0.15, 0.2) is 9.84 Å². The van der Waals surface area contributed by atoms with Crippen molar-refractivity contribution in [2.45, 2.75) is 33.2 Å². The topological polar surface area (TPSA) is 60.2 Å². The highest BCUT2D eigenvalue weighted by atomic mass is 32.2. The second-order valence-electron chi connectivity index (χ2n) is 3.52. The Hall–Kier alpha value is -0.0900. The summed E-state index contributed by atoms with van der Waals surface area (Å²) < 4.78 is 22.5. The summed E-state index contributed by atoms with van der Waals surface area (Å²) in [4.78, 5) is 0. The minimum absolute atomic E-state index is 0.124. The van der Waals surface area contributed by atoms with Gasteiger partial charge >= 0.3 is 0 Å². The first-order valence-corrected chi connectivity index (χ1v) is 6.17. The van der Waals surface area contributed by atoms with Crippen LogP contribution in [0.4, 0.5) is 0 Å². The summed E-state index contributed by atoms with van der Waals surface area (Å²) in [7, 11) is -2.90. The Kier molecular flexibility index (Phi) is 4.78. The molecule has 0 bridgehead atoms. The lowest BCUT2D eigenvalue weighted by Crippen LogP contribution is -2.35. The molecular formula is C8H19NO2S. The monoisotopic (exact) mass is 193 g/mol. The summed E-state index contributed by atoms with van der Waals surface area (Å²) in [6, 6.07) is -0.221. The van der Waals surface area contributed by atoms with Crippen molar-refractivity contribution in [3.8, 4) is 0 Å². The van der Waals surface area contributed by atoms with Gasteiger partial charge in [-0.05, 0) is 12.3 Å². The van der Waals surface area contributed by atoms with Crippen molar-refractivity contribution in [2.24, 2.45) is 11.7 Å². The number of hydrogen-bond donors (Lipinski definition) is 1. The van der Waals surface area contributed by atoms with Crippen LogP contribution in [0.2, 0.25) is 0 Å². The standard InChI is InChI=1S/C8H19NO2S/c1-4-5-12(10,11)6-8(9)7(2)3/h7-8H,4-6,9H2,1-3H3. The first-order chi connectivity index (χ1) is 5.39. The van der Waals surface area contributed by atoms with Crippen molar-refractivity contribution in [3.63, 3.8) is 0 Å². The van der Waals surface area contributed by atoms with E-state index in [2.05, 4.69) is 0 Å². The first kappa shape index (κ1) is 11.9. The summed E-state index contributed by atoms with van der Waals surface area (Å²) in [6.45, 7) is 5.73. The molecule has 2 N–H and O–H groups in total. The van der Waals surface area contributed by atoms with Crippen molar-refractivity contribution < 1.29 is 8.42 Å². The molecule has 1 atom stereocenters. The Morgan fingerprint density at radius 2 is 1.83 bits per heavy atom. The Labute approximate surface area is 75.3 Å². The quantitative estimate of drug-likeness (QED) is 0.702. The molecule has 3 nitrogen and oxygen atoms in total. The molecule has 74 valence electrons. The van der Waals surface area contributed by atoms with Gasteiger partial charge in [0.05, 0.1) is 5.75 Å². The van der Waals surface area contributed by atoms with E-state index in [1.54, 1.807) is 0 Å². The summed E-state index contributed by atoms with van der Waals surface area (Å²) in [5.41, 5.74) is 5.65. The molecule has 0 radical (unpaired) electrons. The fourth-order valence-electron chi connectivity index (χ4n) is 0.880. The van der Waals surface area contributed by atoms with Crippen molar-refractivity contribution in [3.05, 3.63) is 0 Å². The van der Waals surface area contributed by atoms with Crippen LogP contribution in [0.15, 0.2) is 0 Å². The zero-order chi connectivity index (χ0) is 9.78. The lowest BCUT2D eigenvalue weighted by Gasteiger charge is -2.14. The van der Waals surface area contributed by atoms with Crippen LogP contribution in [0.3, 0.4) is 0 Å². The van der Waals surface area contributed by atoms with Crippen LogP contribution in [0.1, 0.15) is 27.2 Å². The molecule has 0 fully saturated rings. The van der Waals surface area contributed by atoms with E-state index in [0.717, 1.165) is 0 Å². The second kappa shape index (κ2) is 4.82. The van der Waals surface area contributed by atoms with E-state index in [1.807, 2.05) is 20.8 Å². The predicted molar refractivity (Wildman–Crippen MR) is 51.8 cm³/mol. The Balaban J connectivity index is 4.07. The van der Waals surface area contributed by atoms with E-state index in [-0.39, 0.29) is 23.5 Å². The minimum atomic E-state index is -2.90. The van der Waals surface area contributed by atoms with E-state index in [9.17, 15) is 8.42 Å².